The molecular formula is C21H21NO8. The molecule has 0 aliphatic carbocycles. The second-order valence-electron chi connectivity index (χ2n) is 6.02. The third-order valence-corrected chi connectivity index (χ3v) is 4.10. The van der Waals surface area contributed by atoms with Crippen molar-refractivity contribution in [3.63, 3.8) is 0 Å². The average Bonchev–Trinajstić information content (AvgIpc) is 3.23. The number of amides is 1. The average molecular weight is 415 g/mol. The van der Waals surface area contributed by atoms with Crippen LogP contribution in [0.4, 0.5) is 5.69 Å². The summed E-state index contributed by atoms with van der Waals surface area (Å²) in [5.74, 6) is 1.25. The first-order chi connectivity index (χ1) is 14.5. The van der Waals surface area contributed by atoms with Crippen LogP contribution in [0.15, 0.2) is 36.4 Å². The predicted octanol–water partition coefficient (Wildman–Crippen LogP) is 2.64. The van der Waals surface area contributed by atoms with Gasteiger partial charge in [0.2, 0.25) is 12.5 Å². The highest BCUT2D eigenvalue weighted by molar-refractivity contribution is 5.95. The van der Waals surface area contributed by atoms with E-state index in [1.54, 1.807) is 36.4 Å². The summed E-state index contributed by atoms with van der Waals surface area (Å²) in [6, 6.07) is 8.40. The molecule has 0 radical (unpaired) electrons. The van der Waals surface area contributed by atoms with Crippen molar-refractivity contribution in [3.05, 3.63) is 42.0 Å². The Labute approximate surface area is 173 Å². The molecule has 0 saturated carbocycles. The third-order valence-electron chi connectivity index (χ3n) is 4.10. The lowest BCUT2D eigenvalue weighted by Crippen LogP contribution is -2.20. The zero-order valence-electron chi connectivity index (χ0n) is 16.7. The second kappa shape index (κ2) is 9.55. The van der Waals surface area contributed by atoms with Crippen molar-refractivity contribution < 1.29 is 38.0 Å². The highest BCUT2D eigenvalue weighted by atomic mass is 16.7. The molecule has 9 nitrogen and oxygen atoms in total. The van der Waals surface area contributed by atoms with Crippen molar-refractivity contribution in [3.8, 4) is 28.7 Å². The van der Waals surface area contributed by atoms with Crippen LogP contribution in [-0.4, -0.2) is 46.6 Å². The predicted molar refractivity (Wildman–Crippen MR) is 107 cm³/mol. The molecule has 1 aliphatic heterocycles. The van der Waals surface area contributed by atoms with E-state index in [4.69, 9.17) is 28.4 Å². The highest BCUT2D eigenvalue weighted by Gasteiger charge is 2.15. The summed E-state index contributed by atoms with van der Waals surface area (Å²) in [5.41, 5.74) is 1.14. The molecule has 9 heteroatoms. The molecule has 30 heavy (non-hydrogen) atoms. The van der Waals surface area contributed by atoms with Crippen molar-refractivity contribution in [2.75, 3.05) is 40.0 Å². The summed E-state index contributed by atoms with van der Waals surface area (Å²) >= 11 is 0. The van der Waals surface area contributed by atoms with Crippen molar-refractivity contribution in [1.82, 2.24) is 0 Å². The number of benzene rings is 2. The topological polar surface area (TPSA) is 102 Å². The second-order valence-corrected chi connectivity index (χ2v) is 6.02. The summed E-state index contributed by atoms with van der Waals surface area (Å²) < 4.78 is 31.2. The fraction of sp³-hybridized carbons (Fsp3) is 0.238. The monoisotopic (exact) mass is 415 g/mol. The van der Waals surface area contributed by atoms with E-state index >= 15 is 0 Å². The molecule has 1 aliphatic rings. The molecule has 0 spiro atoms. The van der Waals surface area contributed by atoms with Crippen molar-refractivity contribution in [2.45, 2.75) is 0 Å². The zero-order valence-corrected chi connectivity index (χ0v) is 16.7. The van der Waals surface area contributed by atoms with Gasteiger partial charge in [-0.1, -0.05) is 6.07 Å². The molecule has 0 fully saturated rings. The Morgan fingerprint density at radius 1 is 1.00 bits per heavy atom. The number of fused-ring (bicyclic) bond motifs is 1. The first kappa shape index (κ1) is 20.8. The Morgan fingerprint density at radius 3 is 2.37 bits per heavy atom. The minimum absolute atomic E-state index is 0.172. The smallest absolute Gasteiger partial charge is 0.331 e. The van der Waals surface area contributed by atoms with Crippen LogP contribution in [0.2, 0.25) is 0 Å². The molecular weight excluding hydrogens is 394 g/mol. The summed E-state index contributed by atoms with van der Waals surface area (Å²) in [7, 11) is 4.42. The number of carbonyl (C=O) groups is 2. The van der Waals surface area contributed by atoms with Gasteiger partial charge in [0.15, 0.2) is 29.6 Å². The Kier molecular flexibility index (Phi) is 6.63. The van der Waals surface area contributed by atoms with Crippen LogP contribution >= 0.6 is 0 Å². The molecule has 0 atom stereocenters. The number of nitrogens with one attached hydrogen (secondary N) is 1. The fourth-order valence-corrected chi connectivity index (χ4v) is 2.72. The SMILES string of the molecule is COc1cc(NC(=O)COC(=O)/C=C/c2ccc3c(c2)OCO3)cc(OC)c1OC. The van der Waals surface area contributed by atoms with Gasteiger partial charge in [-0.05, 0) is 23.8 Å². The zero-order chi connectivity index (χ0) is 21.5. The lowest BCUT2D eigenvalue weighted by atomic mass is 10.2. The van der Waals surface area contributed by atoms with Crippen LogP contribution < -0.4 is 29.0 Å². The Hall–Kier alpha value is -3.88. The standard InChI is InChI=1S/C21H21NO8/c1-25-17-9-14(10-18(26-2)21(17)27-3)22-19(23)11-28-20(24)7-5-13-4-6-15-16(8-13)30-12-29-15/h4-10H,11-12H2,1-3H3,(H,22,23)/b7-5+. The van der Waals surface area contributed by atoms with E-state index in [0.717, 1.165) is 5.56 Å². The van der Waals surface area contributed by atoms with E-state index in [-0.39, 0.29) is 6.79 Å². The Balaban J connectivity index is 1.54. The molecule has 2 aromatic carbocycles. The number of ether oxygens (including phenoxy) is 6. The molecule has 158 valence electrons. The Morgan fingerprint density at radius 2 is 1.70 bits per heavy atom. The minimum Gasteiger partial charge on any atom is -0.493 e. The molecule has 1 amide bonds. The van der Waals surface area contributed by atoms with Gasteiger partial charge in [0.1, 0.15) is 0 Å². The summed E-state index contributed by atoms with van der Waals surface area (Å²) in [5, 5.41) is 2.61. The molecule has 0 bridgehead atoms. The summed E-state index contributed by atoms with van der Waals surface area (Å²) in [4.78, 5) is 24.0. The van der Waals surface area contributed by atoms with Gasteiger partial charge in [-0.2, -0.15) is 0 Å². The van der Waals surface area contributed by atoms with Crippen LogP contribution in [0.5, 0.6) is 28.7 Å². The van der Waals surface area contributed by atoms with Gasteiger partial charge >= 0.3 is 5.97 Å². The van der Waals surface area contributed by atoms with Crippen molar-refractivity contribution in [2.24, 2.45) is 0 Å². The van der Waals surface area contributed by atoms with E-state index in [1.165, 1.54) is 27.4 Å². The van der Waals surface area contributed by atoms with Crippen LogP contribution in [0.3, 0.4) is 0 Å². The molecule has 1 N–H and O–H groups in total. The maximum atomic E-state index is 12.1. The fourth-order valence-electron chi connectivity index (χ4n) is 2.72. The molecule has 0 unspecified atom stereocenters. The van der Waals surface area contributed by atoms with Crippen LogP contribution in [0.1, 0.15) is 5.56 Å². The van der Waals surface area contributed by atoms with E-state index in [0.29, 0.717) is 34.4 Å². The maximum Gasteiger partial charge on any atom is 0.331 e. The number of carbonyl (C=O) groups excluding carboxylic acids is 2. The van der Waals surface area contributed by atoms with Gasteiger partial charge in [-0.25, -0.2) is 4.79 Å². The van der Waals surface area contributed by atoms with Gasteiger partial charge < -0.3 is 33.7 Å². The lowest BCUT2D eigenvalue weighted by Gasteiger charge is -2.14. The number of hydrogen-bond donors (Lipinski definition) is 1. The lowest BCUT2D eigenvalue weighted by molar-refractivity contribution is -0.142. The molecule has 0 saturated heterocycles. The largest absolute Gasteiger partial charge is 0.493 e. The maximum absolute atomic E-state index is 12.1. The Bertz CT molecular complexity index is 944. The van der Waals surface area contributed by atoms with Gasteiger partial charge in [0.25, 0.3) is 5.91 Å². The number of esters is 1. The first-order valence-electron chi connectivity index (χ1n) is 8.88. The number of rotatable bonds is 8. The van der Waals surface area contributed by atoms with Crippen molar-refractivity contribution in [1.29, 1.82) is 0 Å². The summed E-state index contributed by atoms with van der Waals surface area (Å²) in [6.07, 6.45) is 2.78. The van der Waals surface area contributed by atoms with E-state index in [9.17, 15) is 9.59 Å². The number of anilines is 1. The first-order valence-corrected chi connectivity index (χ1v) is 8.88. The van der Waals surface area contributed by atoms with E-state index < -0.39 is 18.5 Å². The molecule has 0 aromatic heterocycles. The van der Waals surface area contributed by atoms with E-state index in [1.807, 2.05) is 0 Å². The number of hydrogen-bond acceptors (Lipinski definition) is 8. The van der Waals surface area contributed by atoms with Gasteiger partial charge in [-0.3, -0.25) is 4.79 Å². The third kappa shape index (κ3) is 4.93. The van der Waals surface area contributed by atoms with Gasteiger partial charge in [0, 0.05) is 23.9 Å². The van der Waals surface area contributed by atoms with Gasteiger partial charge in [-0.15, -0.1) is 0 Å². The number of methoxy groups -OCH3 is 3. The molecule has 3 rings (SSSR count). The minimum atomic E-state index is -0.660. The van der Waals surface area contributed by atoms with Crippen LogP contribution in [0.25, 0.3) is 6.08 Å². The normalized spacial score (nSPS) is 11.8. The van der Waals surface area contributed by atoms with Crippen molar-refractivity contribution >= 4 is 23.6 Å². The highest BCUT2D eigenvalue weighted by Crippen LogP contribution is 2.39. The molecule has 2 aromatic rings. The molecule has 1 heterocycles. The van der Waals surface area contributed by atoms with E-state index in [2.05, 4.69) is 5.32 Å². The van der Waals surface area contributed by atoms with Crippen LogP contribution in [-0.2, 0) is 14.3 Å². The quantitative estimate of drug-likeness (QED) is 0.519. The summed E-state index contributed by atoms with van der Waals surface area (Å²) in [6.45, 7) is -0.285. The van der Waals surface area contributed by atoms with Gasteiger partial charge in [0.05, 0.1) is 21.3 Å². The van der Waals surface area contributed by atoms with Crippen LogP contribution in [0, 0.1) is 0 Å².